The largest absolute Gasteiger partial charge is 0.352 e. The maximum atomic E-state index is 13.5. The lowest BCUT2D eigenvalue weighted by molar-refractivity contribution is 0.0950. The summed E-state index contributed by atoms with van der Waals surface area (Å²) in [5.41, 5.74) is 2.94. The van der Waals surface area contributed by atoms with Crippen LogP contribution in [0.25, 0.3) is 5.65 Å². The van der Waals surface area contributed by atoms with E-state index in [1.807, 2.05) is 35.7 Å². The van der Waals surface area contributed by atoms with Crippen molar-refractivity contribution >= 4 is 11.6 Å². The first-order chi connectivity index (χ1) is 10.6. The number of nitrogens with one attached hydrogen (secondary N) is 1. The van der Waals surface area contributed by atoms with Gasteiger partial charge in [0.2, 0.25) is 0 Å². The van der Waals surface area contributed by atoms with Crippen LogP contribution < -0.4 is 5.32 Å². The van der Waals surface area contributed by atoms with Crippen molar-refractivity contribution in [3.05, 3.63) is 71.4 Å². The first kappa shape index (κ1) is 14.3. The summed E-state index contributed by atoms with van der Waals surface area (Å²) in [7, 11) is 0. The van der Waals surface area contributed by atoms with Crippen molar-refractivity contribution in [1.82, 2.24) is 14.7 Å². The van der Waals surface area contributed by atoms with Crippen molar-refractivity contribution in [1.29, 1.82) is 0 Å². The number of imidazole rings is 1. The van der Waals surface area contributed by atoms with Gasteiger partial charge in [0.1, 0.15) is 11.5 Å². The fourth-order valence-corrected chi connectivity index (χ4v) is 2.36. The van der Waals surface area contributed by atoms with Crippen molar-refractivity contribution in [2.45, 2.75) is 13.3 Å². The molecule has 22 heavy (non-hydrogen) atoms. The van der Waals surface area contributed by atoms with Gasteiger partial charge in [-0.1, -0.05) is 18.2 Å². The quantitative estimate of drug-likeness (QED) is 0.805. The Labute approximate surface area is 127 Å². The van der Waals surface area contributed by atoms with Crippen LogP contribution in [-0.2, 0) is 6.42 Å². The number of carbonyl (C=O) groups excluding carboxylic acids is 1. The van der Waals surface area contributed by atoms with Gasteiger partial charge in [-0.25, -0.2) is 9.37 Å². The average Bonchev–Trinajstić information content (AvgIpc) is 2.92. The number of benzene rings is 1. The predicted molar refractivity (Wildman–Crippen MR) is 82.4 cm³/mol. The number of fused-ring (bicyclic) bond motifs is 1. The van der Waals surface area contributed by atoms with Crippen LogP contribution in [0.15, 0.2) is 48.7 Å². The number of hydrogen-bond donors (Lipinski definition) is 1. The fraction of sp³-hybridized carbons (Fsp3) is 0.176. The van der Waals surface area contributed by atoms with E-state index in [9.17, 15) is 9.18 Å². The highest BCUT2D eigenvalue weighted by Gasteiger charge is 2.10. The molecule has 5 heteroatoms. The second kappa shape index (κ2) is 5.97. The van der Waals surface area contributed by atoms with E-state index in [1.165, 1.54) is 12.1 Å². The molecule has 112 valence electrons. The highest BCUT2D eigenvalue weighted by atomic mass is 19.1. The number of aryl methyl sites for hydroxylation is 1. The topological polar surface area (TPSA) is 46.4 Å². The van der Waals surface area contributed by atoms with Crippen LogP contribution in [-0.4, -0.2) is 21.8 Å². The number of carbonyl (C=O) groups is 1. The van der Waals surface area contributed by atoms with Gasteiger partial charge in [-0.2, -0.15) is 0 Å². The van der Waals surface area contributed by atoms with Gasteiger partial charge in [-0.15, -0.1) is 0 Å². The first-order valence-electron chi connectivity index (χ1n) is 7.11. The Balaban J connectivity index is 1.64. The summed E-state index contributed by atoms with van der Waals surface area (Å²) in [5, 5.41) is 2.72. The van der Waals surface area contributed by atoms with E-state index in [-0.39, 0.29) is 5.56 Å². The summed E-state index contributed by atoms with van der Waals surface area (Å²) in [4.78, 5) is 16.4. The van der Waals surface area contributed by atoms with Gasteiger partial charge >= 0.3 is 0 Å². The number of hydrogen-bond acceptors (Lipinski definition) is 2. The molecule has 0 bridgehead atoms. The van der Waals surface area contributed by atoms with Crippen LogP contribution in [0.1, 0.15) is 21.7 Å². The van der Waals surface area contributed by atoms with Crippen molar-refractivity contribution in [2.75, 3.05) is 6.54 Å². The number of pyridine rings is 1. The highest BCUT2D eigenvalue weighted by molar-refractivity contribution is 5.94. The zero-order chi connectivity index (χ0) is 15.5. The van der Waals surface area contributed by atoms with Crippen molar-refractivity contribution < 1.29 is 9.18 Å². The van der Waals surface area contributed by atoms with E-state index in [4.69, 9.17) is 0 Å². The molecule has 0 unspecified atom stereocenters. The van der Waals surface area contributed by atoms with E-state index in [0.29, 0.717) is 13.0 Å². The molecular formula is C17H16FN3O. The number of nitrogens with zero attached hydrogens (tertiary/aromatic N) is 2. The molecule has 0 atom stereocenters. The van der Waals surface area contributed by atoms with Gasteiger partial charge in [-0.05, 0) is 31.2 Å². The zero-order valence-corrected chi connectivity index (χ0v) is 12.2. The van der Waals surface area contributed by atoms with Crippen LogP contribution in [0.3, 0.4) is 0 Å². The summed E-state index contributed by atoms with van der Waals surface area (Å²) in [6, 6.07) is 11.9. The molecule has 0 aliphatic rings. The Morgan fingerprint density at radius 2 is 2.05 bits per heavy atom. The van der Waals surface area contributed by atoms with E-state index in [1.54, 1.807) is 12.1 Å². The maximum Gasteiger partial charge on any atom is 0.254 e. The van der Waals surface area contributed by atoms with Crippen LogP contribution in [0.5, 0.6) is 0 Å². The predicted octanol–water partition coefficient (Wildman–Crippen LogP) is 2.75. The summed E-state index contributed by atoms with van der Waals surface area (Å²) in [5.74, 6) is -0.915. The second-order valence-electron chi connectivity index (χ2n) is 5.11. The smallest absolute Gasteiger partial charge is 0.254 e. The minimum atomic E-state index is -0.511. The third-order valence-electron chi connectivity index (χ3n) is 3.53. The standard InChI is InChI=1S/C17H16FN3O/c1-12-5-4-8-16-20-13(11-21(12)16)9-10-19-17(22)14-6-2-3-7-15(14)18/h2-8,11H,9-10H2,1H3,(H,19,22). The van der Waals surface area contributed by atoms with E-state index in [0.717, 1.165) is 17.0 Å². The van der Waals surface area contributed by atoms with Crippen LogP contribution >= 0.6 is 0 Å². The molecule has 4 nitrogen and oxygen atoms in total. The van der Waals surface area contributed by atoms with Crippen LogP contribution in [0, 0.1) is 12.7 Å². The fourth-order valence-electron chi connectivity index (χ4n) is 2.36. The minimum absolute atomic E-state index is 0.0633. The first-order valence-corrected chi connectivity index (χ1v) is 7.11. The molecule has 0 saturated carbocycles. The van der Waals surface area contributed by atoms with Gasteiger partial charge in [0.15, 0.2) is 0 Å². The van der Waals surface area contributed by atoms with E-state index in [2.05, 4.69) is 10.3 Å². The van der Waals surface area contributed by atoms with Crippen molar-refractivity contribution in [3.8, 4) is 0 Å². The maximum absolute atomic E-state index is 13.5. The molecule has 2 aromatic heterocycles. The van der Waals surface area contributed by atoms with Gasteiger partial charge < -0.3 is 9.72 Å². The van der Waals surface area contributed by atoms with Crippen molar-refractivity contribution in [2.24, 2.45) is 0 Å². The molecule has 0 radical (unpaired) electrons. The Morgan fingerprint density at radius 1 is 1.23 bits per heavy atom. The SMILES string of the molecule is Cc1cccc2nc(CCNC(=O)c3ccccc3F)cn12. The number of amides is 1. The van der Waals surface area contributed by atoms with Gasteiger partial charge in [-0.3, -0.25) is 4.79 Å². The van der Waals surface area contributed by atoms with E-state index >= 15 is 0 Å². The summed E-state index contributed by atoms with van der Waals surface area (Å²) in [6.07, 6.45) is 2.56. The molecule has 1 aromatic carbocycles. The zero-order valence-electron chi connectivity index (χ0n) is 12.2. The number of halogens is 1. The van der Waals surface area contributed by atoms with Crippen molar-refractivity contribution in [3.63, 3.8) is 0 Å². The summed E-state index contributed by atoms with van der Waals surface area (Å²) < 4.78 is 15.5. The number of aromatic nitrogens is 2. The molecule has 1 N–H and O–H groups in total. The summed E-state index contributed by atoms with van der Waals surface area (Å²) >= 11 is 0. The summed E-state index contributed by atoms with van der Waals surface area (Å²) in [6.45, 7) is 2.43. The molecule has 0 spiro atoms. The molecule has 0 saturated heterocycles. The molecule has 0 fully saturated rings. The molecule has 0 aliphatic carbocycles. The Bertz CT molecular complexity index is 826. The molecule has 2 heterocycles. The average molecular weight is 297 g/mol. The second-order valence-corrected chi connectivity index (χ2v) is 5.11. The lowest BCUT2D eigenvalue weighted by Crippen LogP contribution is -2.26. The van der Waals surface area contributed by atoms with Gasteiger partial charge in [0.05, 0.1) is 11.3 Å². The Morgan fingerprint density at radius 3 is 2.82 bits per heavy atom. The third-order valence-corrected chi connectivity index (χ3v) is 3.53. The van der Waals surface area contributed by atoms with Gasteiger partial charge in [0.25, 0.3) is 5.91 Å². The minimum Gasteiger partial charge on any atom is -0.352 e. The normalized spacial score (nSPS) is 10.8. The highest BCUT2D eigenvalue weighted by Crippen LogP contribution is 2.09. The molecule has 0 aliphatic heterocycles. The lowest BCUT2D eigenvalue weighted by atomic mass is 10.2. The molecule has 1 amide bonds. The monoisotopic (exact) mass is 297 g/mol. The Kier molecular flexibility index (Phi) is 3.87. The third kappa shape index (κ3) is 2.83. The van der Waals surface area contributed by atoms with Crippen LogP contribution in [0.2, 0.25) is 0 Å². The molecular weight excluding hydrogens is 281 g/mol. The molecule has 3 rings (SSSR count). The molecule has 3 aromatic rings. The lowest BCUT2D eigenvalue weighted by Gasteiger charge is -2.04. The van der Waals surface area contributed by atoms with Crippen LogP contribution in [0.4, 0.5) is 4.39 Å². The van der Waals surface area contributed by atoms with E-state index < -0.39 is 11.7 Å². The number of rotatable bonds is 4. The van der Waals surface area contributed by atoms with Gasteiger partial charge in [0, 0.05) is 24.9 Å². The Hall–Kier alpha value is -2.69.